The number of rotatable bonds is 4. The van der Waals surface area contributed by atoms with Gasteiger partial charge in [-0.05, 0) is 82.0 Å². The molecule has 0 aromatic rings. The van der Waals surface area contributed by atoms with Crippen LogP contribution < -0.4 is 0 Å². The molecule has 0 saturated heterocycles. The first-order valence-electron chi connectivity index (χ1n) is 10.8. The molecule has 0 aliphatic heterocycles. The minimum absolute atomic E-state index is 0.115. The average molecular weight is 335 g/mol. The number of hydrogen-bond donors (Lipinski definition) is 0. The summed E-state index contributed by atoms with van der Waals surface area (Å²) in [7, 11) is 0. The Hall–Kier alpha value is -0.530. The fourth-order valence-electron chi connectivity index (χ4n) is 5.56. The van der Waals surface area contributed by atoms with Crippen molar-refractivity contribution in [2.45, 2.75) is 103 Å². The first-order valence-corrected chi connectivity index (χ1v) is 10.8. The number of hydrogen-bond acceptors (Lipinski definition) is 2. The summed E-state index contributed by atoms with van der Waals surface area (Å²) >= 11 is 0. The van der Waals surface area contributed by atoms with E-state index in [-0.39, 0.29) is 18.0 Å². The smallest absolute Gasteiger partial charge is 0.309 e. The molecule has 0 N–H and O–H groups in total. The van der Waals surface area contributed by atoms with Gasteiger partial charge in [-0.1, -0.05) is 39.0 Å². The number of carbonyl (C=O) groups excluding carboxylic acids is 1. The van der Waals surface area contributed by atoms with Crippen molar-refractivity contribution in [2.75, 3.05) is 0 Å². The Morgan fingerprint density at radius 2 is 1.33 bits per heavy atom. The monoisotopic (exact) mass is 334 g/mol. The minimum atomic E-state index is 0.115. The van der Waals surface area contributed by atoms with E-state index >= 15 is 0 Å². The summed E-state index contributed by atoms with van der Waals surface area (Å²) in [5.74, 6) is 3.69. The van der Waals surface area contributed by atoms with E-state index in [2.05, 4.69) is 13.8 Å². The number of ether oxygens (including phenoxy) is 1. The zero-order valence-corrected chi connectivity index (χ0v) is 16.0. The Labute approximate surface area is 149 Å². The van der Waals surface area contributed by atoms with Crippen molar-refractivity contribution < 1.29 is 9.53 Å². The van der Waals surface area contributed by atoms with Gasteiger partial charge >= 0.3 is 5.97 Å². The predicted molar refractivity (Wildman–Crippen MR) is 98.7 cm³/mol. The molecule has 2 nitrogen and oxygen atoms in total. The Morgan fingerprint density at radius 1 is 0.792 bits per heavy atom. The molecule has 0 aromatic carbocycles. The lowest BCUT2D eigenvalue weighted by atomic mass is 9.69. The minimum Gasteiger partial charge on any atom is -0.462 e. The van der Waals surface area contributed by atoms with Gasteiger partial charge in [0, 0.05) is 0 Å². The zero-order valence-electron chi connectivity index (χ0n) is 16.0. The normalized spacial score (nSPS) is 36.9. The summed E-state index contributed by atoms with van der Waals surface area (Å²) in [5.41, 5.74) is 0. The largest absolute Gasteiger partial charge is 0.462 e. The van der Waals surface area contributed by atoms with E-state index < -0.39 is 0 Å². The van der Waals surface area contributed by atoms with Crippen LogP contribution in [0.25, 0.3) is 0 Å². The molecule has 24 heavy (non-hydrogen) atoms. The molecule has 3 aliphatic carbocycles. The molecule has 1 unspecified atom stereocenters. The first kappa shape index (κ1) is 18.3. The molecular weight excluding hydrogens is 296 g/mol. The molecule has 3 saturated carbocycles. The third kappa shape index (κ3) is 4.76. The third-order valence-corrected chi connectivity index (χ3v) is 7.45. The van der Waals surface area contributed by atoms with Crippen molar-refractivity contribution in [2.24, 2.45) is 29.6 Å². The van der Waals surface area contributed by atoms with Gasteiger partial charge in [-0.2, -0.15) is 0 Å². The fraction of sp³-hybridized carbons (Fsp3) is 0.955. The highest BCUT2D eigenvalue weighted by Gasteiger charge is 2.34. The zero-order chi connectivity index (χ0) is 16.9. The molecule has 3 rings (SSSR count). The van der Waals surface area contributed by atoms with Crippen LogP contribution in [-0.2, 0) is 9.53 Å². The van der Waals surface area contributed by atoms with Crippen LogP contribution in [0.1, 0.15) is 97.3 Å². The quantitative estimate of drug-likeness (QED) is 0.578. The van der Waals surface area contributed by atoms with E-state index in [9.17, 15) is 4.79 Å². The highest BCUT2D eigenvalue weighted by atomic mass is 16.5. The maximum atomic E-state index is 12.6. The molecule has 1 atom stereocenters. The van der Waals surface area contributed by atoms with Crippen LogP contribution in [0, 0.1) is 29.6 Å². The summed E-state index contributed by atoms with van der Waals surface area (Å²) in [6.07, 6.45) is 17.0. The van der Waals surface area contributed by atoms with Crippen molar-refractivity contribution in [3.63, 3.8) is 0 Å². The second-order valence-electron chi connectivity index (χ2n) is 9.17. The van der Waals surface area contributed by atoms with Crippen LogP contribution in [0.5, 0.6) is 0 Å². The Morgan fingerprint density at radius 3 is 1.92 bits per heavy atom. The molecule has 0 radical (unpaired) electrons. The van der Waals surface area contributed by atoms with Gasteiger partial charge in [0.2, 0.25) is 0 Å². The maximum Gasteiger partial charge on any atom is 0.309 e. The van der Waals surface area contributed by atoms with Crippen LogP contribution in [-0.4, -0.2) is 12.1 Å². The maximum absolute atomic E-state index is 12.6. The van der Waals surface area contributed by atoms with Crippen molar-refractivity contribution >= 4 is 5.97 Å². The lowest BCUT2D eigenvalue weighted by molar-refractivity contribution is -0.158. The molecule has 3 aliphatic rings. The van der Waals surface area contributed by atoms with Gasteiger partial charge in [-0.15, -0.1) is 0 Å². The van der Waals surface area contributed by atoms with Crippen LogP contribution in [0.3, 0.4) is 0 Å². The molecule has 0 amide bonds. The highest BCUT2D eigenvalue weighted by molar-refractivity contribution is 5.72. The van der Waals surface area contributed by atoms with Gasteiger partial charge in [-0.25, -0.2) is 0 Å². The van der Waals surface area contributed by atoms with Gasteiger partial charge in [0.25, 0.3) is 0 Å². The van der Waals surface area contributed by atoms with Crippen molar-refractivity contribution in [1.29, 1.82) is 0 Å². The lowest BCUT2D eigenvalue weighted by Crippen LogP contribution is -2.32. The van der Waals surface area contributed by atoms with Crippen LogP contribution in [0.2, 0.25) is 0 Å². The van der Waals surface area contributed by atoms with Gasteiger partial charge in [0.05, 0.1) is 5.92 Å². The SMILES string of the molecule is CC1CCC(C2CCC(C(=O)OC(C)C3CCCCC3)CC2)CC1. The molecule has 3 fully saturated rings. The van der Waals surface area contributed by atoms with Gasteiger partial charge in [0.1, 0.15) is 6.10 Å². The molecule has 0 aromatic heterocycles. The topological polar surface area (TPSA) is 26.3 Å². The Balaban J connectivity index is 1.40. The van der Waals surface area contributed by atoms with Crippen LogP contribution in [0.4, 0.5) is 0 Å². The van der Waals surface area contributed by atoms with Crippen LogP contribution >= 0.6 is 0 Å². The van der Waals surface area contributed by atoms with Crippen molar-refractivity contribution in [3.8, 4) is 0 Å². The summed E-state index contributed by atoms with van der Waals surface area (Å²) < 4.78 is 5.89. The van der Waals surface area contributed by atoms with Gasteiger partial charge < -0.3 is 4.74 Å². The highest BCUT2D eigenvalue weighted by Crippen LogP contribution is 2.41. The van der Waals surface area contributed by atoms with Crippen LogP contribution in [0.15, 0.2) is 0 Å². The van der Waals surface area contributed by atoms with Gasteiger partial charge in [0.15, 0.2) is 0 Å². The molecule has 0 heterocycles. The Kier molecular flexibility index (Phi) is 6.63. The first-order chi connectivity index (χ1) is 11.6. The summed E-state index contributed by atoms with van der Waals surface area (Å²) in [6.45, 7) is 4.53. The van der Waals surface area contributed by atoms with E-state index in [1.54, 1.807) is 0 Å². The average Bonchev–Trinajstić information content (AvgIpc) is 2.63. The third-order valence-electron chi connectivity index (χ3n) is 7.45. The number of esters is 1. The number of carbonyl (C=O) groups is 1. The standard InChI is InChI=1S/C22H38O2/c1-16-8-10-19(11-9-16)20-12-14-21(15-13-20)22(23)24-17(2)18-6-4-3-5-7-18/h16-21H,3-15H2,1-2H3. The fourth-order valence-corrected chi connectivity index (χ4v) is 5.56. The second-order valence-corrected chi connectivity index (χ2v) is 9.17. The molecular formula is C22H38O2. The molecule has 138 valence electrons. The van der Waals surface area contributed by atoms with Crippen molar-refractivity contribution in [1.82, 2.24) is 0 Å². The van der Waals surface area contributed by atoms with E-state index in [4.69, 9.17) is 4.74 Å². The molecule has 0 spiro atoms. The van der Waals surface area contributed by atoms with Crippen molar-refractivity contribution in [3.05, 3.63) is 0 Å². The lowest BCUT2D eigenvalue weighted by Gasteiger charge is -2.37. The van der Waals surface area contributed by atoms with E-state index in [1.807, 2.05) is 0 Å². The second kappa shape index (κ2) is 8.72. The van der Waals surface area contributed by atoms with Gasteiger partial charge in [-0.3, -0.25) is 4.79 Å². The molecule has 0 bridgehead atoms. The van der Waals surface area contributed by atoms with E-state index in [0.717, 1.165) is 30.6 Å². The van der Waals surface area contributed by atoms with E-state index in [1.165, 1.54) is 70.6 Å². The predicted octanol–water partition coefficient (Wildman–Crippen LogP) is 6.13. The Bertz CT molecular complexity index is 383. The molecule has 2 heteroatoms. The van der Waals surface area contributed by atoms with E-state index in [0.29, 0.717) is 5.92 Å². The summed E-state index contributed by atoms with van der Waals surface area (Å²) in [4.78, 5) is 12.6. The summed E-state index contributed by atoms with van der Waals surface area (Å²) in [5, 5.41) is 0. The summed E-state index contributed by atoms with van der Waals surface area (Å²) in [6, 6.07) is 0.